The van der Waals surface area contributed by atoms with Crippen molar-refractivity contribution < 1.29 is 74.0 Å². The minimum atomic E-state index is -5.04. The Labute approximate surface area is 180 Å². The summed E-state index contributed by atoms with van der Waals surface area (Å²) < 4.78 is 76.1. The molecule has 31 heavy (non-hydrogen) atoms. The van der Waals surface area contributed by atoms with Gasteiger partial charge in [0.15, 0.2) is 13.6 Å². The van der Waals surface area contributed by atoms with Crippen molar-refractivity contribution in [3.63, 3.8) is 0 Å². The van der Waals surface area contributed by atoms with Gasteiger partial charge >= 0.3 is 0 Å². The van der Waals surface area contributed by atoms with Crippen molar-refractivity contribution in [2.75, 3.05) is 34.4 Å². The van der Waals surface area contributed by atoms with Crippen LogP contribution in [0.5, 0.6) is 0 Å². The maximum absolute atomic E-state index is 11.2. The zero-order chi connectivity index (χ0) is 24.9. The summed E-state index contributed by atoms with van der Waals surface area (Å²) in [4.78, 5) is 43.4. The van der Waals surface area contributed by atoms with Gasteiger partial charge in [0, 0.05) is 14.2 Å². The molecular formula is C11H26O16P4-4. The highest BCUT2D eigenvalue weighted by atomic mass is 31.2. The van der Waals surface area contributed by atoms with E-state index in [2.05, 4.69) is 36.2 Å². The second kappa shape index (κ2) is 15.4. The van der Waals surface area contributed by atoms with E-state index in [-0.39, 0.29) is 18.6 Å². The Kier molecular flexibility index (Phi) is 16.7. The zero-order valence-corrected chi connectivity index (χ0v) is 21.2. The first-order chi connectivity index (χ1) is 13.9. The quantitative estimate of drug-likeness (QED) is 0.200. The van der Waals surface area contributed by atoms with E-state index in [0.29, 0.717) is 0 Å². The number of rotatable bonds is 15. The number of hydrogen-bond acceptors (Lipinski definition) is 16. The number of hydrogen-bond donors (Lipinski definition) is 0. The van der Waals surface area contributed by atoms with Crippen molar-refractivity contribution in [3.8, 4) is 0 Å². The van der Waals surface area contributed by atoms with E-state index < -0.39 is 44.9 Å². The Balaban J connectivity index is 0. The van der Waals surface area contributed by atoms with Crippen LogP contribution in [0.3, 0.4) is 0 Å². The van der Waals surface area contributed by atoms with E-state index in [1.54, 1.807) is 27.7 Å². The van der Waals surface area contributed by atoms with Crippen molar-refractivity contribution in [2.24, 2.45) is 5.92 Å². The van der Waals surface area contributed by atoms with E-state index >= 15 is 0 Å². The Morgan fingerprint density at radius 1 is 0.613 bits per heavy atom. The van der Waals surface area contributed by atoms with Gasteiger partial charge in [-0.1, -0.05) is 13.8 Å². The van der Waals surface area contributed by atoms with Gasteiger partial charge in [-0.2, -0.15) is 0 Å². The van der Waals surface area contributed by atoms with Gasteiger partial charge in [0.25, 0.3) is 31.3 Å². The standard InChI is InChI=1S/C7H19O12P3.C4H11O4P/c1-7(2)4-15-21(10,11)17-6-19-22(12,13)18-5-16-20(8,9)14-3;1-4(2)8-9(5,6)7-3/h7H,4-6H2,1-3H3,(H,8,9)(H,10,11)(H,12,13);4H,1-3H3,(H,5,6)/p-4. The third-order valence-corrected chi connectivity index (χ3v) is 5.92. The van der Waals surface area contributed by atoms with E-state index in [1.807, 2.05) is 0 Å². The molecule has 0 amide bonds. The molecule has 0 aromatic rings. The fourth-order valence-electron chi connectivity index (χ4n) is 0.974. The van der Waals surface area contributed by atoms with Crippen LogP contribution in [0.25, 0.3) is 0 Å². The molecule has 0 aliphatic heterocycles. The Morgan fingerprint density at radius 3 is 1.26 bits per heavy atom. The molecule has 0 radical (unpaired) electrons. The molecule has 0 aromatic carbocycles. The predicted octanol–water partition coefficient (Wildman–Crippen LogP) is 0.218. The van der Waals surface area contributed by atoms with Gasteiger partial charge in [-0.3, -0.25) is 36.4 Å². The van der Waals surface area contributed by atoms with Crippen LogP contribution in [-0.2, 0) is 54.5 Å². The maximum atomic E-state index is 11.2. The van der Waals surface area contributed by atoms with E-state index in [0.717, 1.165) is 14.2 Å². The highest BCUT2D eigenvalue weighted by Crippen LogP contribution is 2.45. The largest absolute Gasteiger partial charge is 0.756 e. The molecule has 0 aliphatic rings. The summed E-state index contributed by atoms with van der Waals surface area (Å²) in [6.07, 6.45) is -0.353. The molecule has 0 saturated carbocycles. The van der Waals surface area contributed by atoms with Crippen LogP contribution in [0.1, 0.15) is 27.7 Å². The van der Waals surface area contributed by atoms with Crippen LogP contribution in [0.2, 0.25) is 0 Å². The molecule has 4 atom stereocenters. The van der Waals surface area contributed by atoms with E-state index in [9.17, 15) is 37.8 Å². The first-order valence-corrected chi connectivity index (χ1v) is 14.0. The highest BCUT2D eigenvalue weighted by Gasteiger charge is 2.16. The fraction of sp³-hybridized carbons (Fsp3) is 1.00. The molecule has 20 heteroatoms. The molecule has 0 spiro atoms. The molecular weight excluding hydrogens is 512 g/mol. The molecule has 4 unspecified atom stereocenters. The lowest BCUT2D eigenvalue weighted by Crippen LogP contribution is -2.16. The van der Waals surface area contributed by atoms with Crippen molar-refractivity contribution in [2.45, 2.75) is 33.8 Å². The van der Waals surface area contributed by atoms with Gasteiger partial charge < -0.3 is 37.7 Å². The summed E-state index contributed by atoms with van der Waals surface area (Å²) in [6, 6.07) is 0. The van der Waals surface area contributed by atoms with Gasteiger partial charge in [0.2, 0.25) is 0 Å². The molecule has 0 aromatic heterocycles. The first-order valence-electron chi connectivity index (χ1n) is 8.13. The molecule has 16 nitrogen and oxygen atoms in total. The van der Waals surface area contributed by atoms with Crippen LogP contribution in [-0.4, -0.2) is 40.5 Å². The van der Waals surface area contributed by atoms with Crippen LogP contribution < -0.4 is 19.6 Å². The van der Waals surface area contributed by atoms with Crippen molar-refractivity contribution >= 4 is 31.3 Å². The van der Waals surface area contributed by atoms with Crippen LogP contribution >= 0.6 is 31.3 Å². The van der Waals surface area contributed by atoms with Gasteiger partial charge in [0.1, 0.15) is 0 Å². The molecule has 0 N–H and O–H groups in total. The van der Waals surface area contributed by atoms with Gasteiger partial charge in [0.05, 0.1) is 12.7 Å². The summed E-state index contributed by atoms with van der Waals surface area (Å²) in [6.45, 7) is 3.96. The molecule has 0 aliphatic carbocycles. The average molecular weight is 538 g/mol. The van der Waals surface area contributed by atoms with Gasteiger partial charge in [-0.15, -0.1) is 0 Å². The lowest BCUT2D eigenvalue weighted by molar-refractivity contribution is -0.251. The Morgan fingerprint density at radius 2 is 0.968 bits per heavy atom. The van der Waals surface area contributed by atoms with Crippen molar-refractivity contribution in [3.05, 3.63) is 0 Å². The van der Waals surface area contributed by atoms with Crippen LogP contribution in [0.15, 0.2) is 0 Å². The Bertz CT molecular complexity index is 680. The normalized spacial score (nSPS) is 19.6. The monoisotopic (exact) mass is 538 g/mol. The van der Waals surface area contributed by atoms with E-state index in [1.165, 1.54) is 0 Å². The fourth-order valence-corrected chi connectivity index (χ4v) is 3.21. The summed E-state index contributed by atoms with van der Waals surface area (Å²) in [7, 11) is -16.6. The van der Waals surface area contributed by atoms with Gasteiger partial charge in [-0.25, -0.2) is 0 Å². The zero-order valence-electron chi connectivity index (χ0n) is 17.6. The van der Waals surface area contributed by atoms with Crippen molar-refractivity contribution in [1.29, 1.82) is 0 Å². The summed E-state index contributed by atoms with van der Waals surface area (Å²) in [5.41, 5.74) is 0. The molecule has 0 rings (SSSR count). The van der Waals surface area contributed by atoms with E-state index in [4.69, 9.17) is 0 Å². The molecule has 0 fully saturated rings. The lowest BCUT2D eigenvalue weighted by atomic mass is 10.2. The summed E-state index contributed by atoms with van der Waals surface area (Å²) >= 11 is 0. The summed E-state index contributed by atoms with van der Waals surface area (Å²) in [5, 5.41) is 0. The topological polar surface area (TPSA) is 234 Å². The smallest absolute Gasteiger partial charge is 0.272 e. The van der Waals surface area contributed by atoms with Crippen molar-refractivity contribution in [1.82, 2.24) is 0 Å². The molecule has 0 bridgehead atoms. The molecule has 190 valence electrons. The number of phosphoric acid groups is 4. The highest BCUT2D eigenvalue weighted by molar-refractivity contribution is 7.47. The molecule has 0 saturated heterocycles. The third kappa shape index (κ3) is 22.0. The van der Waals surface area contributed by atoms with Gasteiger partial charge in [-0.05, 0) is 19.8 Å². The third-order valence-electron chi connectivity index (χ3n) is 2.20. The average Bonchev–Trinajstić information content (AvgIpc) is 2.59. The second-order valence-corrected chi connectivity index (χ2v) is 11.6. The maximum Gasteiger partial charge on any atom is 0.272 e. The molecule has 0 heterocycles. The predicted molar refractivity (Wildman–Crippen MR) is 95.5 cm³/mol. The SMILES string of the molecule is COP(=O)([O-])OC(C)C.COP(=O)([O-])OCOP(=O)([O-])OCOP(=O)([O-])OCC(C)C. The Hall–Kier alpha value is 0.440. The van der Waals surface area contributed by atoms with Crippen LogP contribution in [0, 0.1) is 5.92 Å². The second-order valence-electron chi connectivity index (χ2n) is 5.75. The minimum Gasteiger partial charge on any atom is -0.756 e. The van der Waals surface area contributed by atoms with Crippen LogP contribution in [0.4, 0.5) is 0 Å². The summed E-state index contributed by atoms with van der Waals surface area (Å²) in [5.74, 6) is -0.0959. The minimum absolute atomic E-state index is 0.0959. The first kappa shape index (κ1) is 33.6. The number of phosphoric ester groups is 4. The lowest BCUT2D eigenvalue weighted by Gasteiger charge is -2.27.